The fraction of sp³-hybridized carbons (Fsp3) is 0.615. The SMILES string of the molecule is Cc1nn(C)c(C(=O)NC(C)C(=O)N2CCCC2)c1N. The van der Waals surface area contributed by atoms with Crippen LogP contribution < -0.4 is 11.1 Å². The number of nitrogens with zero attached hydrogens (tertiary/aromatic N) is 3. The maximum Gasteiger partial charge on any atom is 0.272 e. The molecule has 1 fully saturated rings. The van der Waals surface area contributed by atoms with E-state index in [0.29, 0.717) is 17.1 Å². The summed E-state index contributed by atoms with van der Waals surface area (Å²) >= 11 is 0. The van der Waals surface area contributed by atoms with Crippen LogP contribution in [0.2, 0.25) is 0 Å². The van der Waals surface area contributed by atoms with Crippen molar-refractivity contribution in [1.82, 2.24) is 20.0 Å². The molecule has 3 N–H and O–H groups in total. The number of anilines is 1. The molecule has 20 heavy (non-hydrogen) atoms. The smallest absolute Gasteiger partial charge is 0.272 e. The number of amides is 2. The van der Waals surface area contributed by atoms with E-state index in [4.69, 9.17) is 5.73 Å². The maximum absolute atomic E-state index is 12.2. The summed E-state index contributed by atoms with van der Waals surface area (Å²) in [5.41, 5.74) is 7.09. The summed E-state index contributed by atoms with van der Waals surface area (Å²) in [6.45, 7) is 4.97. The molecular formula is C13H21N5O2. The van der Waals surface area contributed by atoms with Crippen LogP contribution in [0.5, 0.6) is 0 Å². The average Bonchev–Trinajstić information content (AvgIpc) is 2.98. The second-order valence-electron chi connectivity index (χ2n) is 5.20. The van der Waals surface area contributed by atoms with Gasteiger partial charge in [0, 0.05) is 20.1 Å². The summed E-state index contributed by atoms with van der Waals surface area (Å²) < 4.78 is 1.44. The predicted molar refractivity (Wildman–Crippen MR) is 75.1 cm³/mol. The van der Waals surface area contributed by atoms with E-state index in [1.165, 1.54) is 4.68 Å². The van der Waals surface area contributed by atoms with Gasteiger partial charge in [-0.25, -0.2) is 0 Å². The molecule has 1 unspecified atom stereocenters. The molecule has 7 nitrogen and oxygen atoms in total. The molecule has 1 aromatic heterocycles. The molecule has 110 valence electrons. The minimum absolute atomic E-state index is 0.0479. The van der Waals surface area contributed by atoms with Crippen molar-refractivity contribution in [3.05, 3.63) is 11.4 Å². The van der Waals surface area contributed by atoms with Crippen molar-refractivity contribution >= 4 is 17.5 Å². The van der Waals surface area contributed by atoms with Gasteiger partial charge in [0.1, 0.15) is 11.7 Å². The van der Waals surface area contributed by atoms with Crippen LogP contribution in [0.15, 0.2) is 0 Å². The Balaban J connectivity index is 2.05. The zero-order valence-electron chi connectivity index (χ0n) is 12.1. The molecule has 0 radical (unpaired) electrons. The molecule has 1 atom stereocenters. The van der Waals surface area contributed by atoms with Gasteiger partial charge in [-0.15, -0.1) is 0 Å². The first-order chi connectivity index (χ1) is 9.41. The van der Waals surface area contributed by atoms with Gasteiger partial charge in [0.05, 0.1) is 11.4 Å². The molecule has 2 amide bonds. The van der Waals surface area contributed by atoms with Crippen LogP contribution in [-0.4, -0.2) is 45.6 Å². The Kier molecular flexibility index (Phi) is 3.96. The quantitative estimate of drug-likeness (QED) is 0.817. The highest BCUT2D eigenvalue weighted by atomic mass is 16.2. The lowest BCUT2D eigenvalue weighted by Crippen LogP contribution is -2.46. The summed E-state index contributed by atoms with van der Waals surface area (Å²) in [5.74, 6) is -0.418. The Hall–Kier alpha value is -2.05. The first-order valence-corrected chi connectivity index (χ1v) is 6.80. The minimum Gasteiger partial charge on any atom is -0.395 e. The number of rotatable bonds is 3. The summed E-state index contributed by atoms with van der Waals surface area (Å²) in [6.07, 6.45) is 2.06. The van der Waals surface area contributed by atoms with Crippen molar-refractivity contribution in [2.45, 2.75) is 32.7 Å². The number of aromatic nitrogens is 2. The van der Waals surface area contributed by atoms with Gasteiger partial charge in [-0.1, -0.05) is 0 Å². The lowest BCUT2D eigenvalue weighted by atomic mass is 10.2. The van der Waals surface area contributed by atoms with E-state index in [-0.39, 0.29) is 11.8 Å². The zero-order chi connectivity index (χ0) is 14.9. The minimum atomic E-state index is -0.560. The summed E-state index contributed by atoms with van der Waals surface area (Å²) in [4.78, 5) is 26.1. The fourth-order valence-corrected chi connectivity index (χ4v) is 2.48. The first kappa shape index (κ1) is 14.4. The fourth-order valence-electron chi connectivity index (χ4n) is 2.48. The topological polar surface area (TPSA) is 93.2 Å². The van der Waals surface area contributed by atoms with E-state index in [1.807, 2.05) is 0 Å². The lowest BCUT2D eigenvalue weighted by Gasteiger charge is -2.21. The normalized spacial score (nSPS) is 16.2. The number of nitrogens with one attached hydrogen (secondary N) is 1. The molecule has 1 aliphatic rings. The number of carbonyl (C=O) groups is 2. The second-order valence-corrected chi connectivity index (χ2v) is 5.20. The molecule has 0 aliphatic carbocycles. The van der Waals surface area contributed by atoms with Gasteiger partial charge < -0.3 is 16.0 Å². The van der Waals surface area contributed by atoms with Crippen LogP contribution in [0, 0.1) is 6.92 Å². The van der Waals surface area contributed by atoms with Crippen molar-refractivity contribution in [1.29, 1.82) is 0 Å². The molecule has 0 saturated carbocycles. The Labute approximate surface area is 118 Å². The van der Waals surface area contributed by atoms with Crippen LogP contribution in [0.3, 0.4) is 0 Å². The van der Waals surface area contributed by atoms with Crippen molar-refractivity contribution in [2.75, 3.05) is 18.8 Å². The van der Waals surface area contributed by atoms with Crippen LogP contribution >= 0.6 is 0 Å². The summed E-state index contributed by atoms with van der Waals surface area (Å²) in [5, 5.41) is 6.79. The summed E-state index contributed by atoms with van der Waals surface area (Å²) in [6, 6.07) is -0.560. The van der Waals surface area contributed by atoms with Crippen molar-refractivity contribution in [3.63, 3.8) is 0 Å². The molecule has 2 heterocycles. The molecule has 0 aromatic carbocycles. The Morgan fingerprint density at radius 1 is 1.35 bits per heavy atom. The number of aryl methyl sites for hydroxylation is 2. The second kappa shape index (κ2) is 5.52. The molecule has 7 heteroatoms. The number of nitrogens with two attached hydrogens (primary N) is 1. The van der Waals surface area contributed by atoms with E-state index in [0.717, 1.165) is 25.9 Å². The Bertz CT molecular complexity index is 531. The number of carbonyl (C=O) groups excluding carboxylic acids is 2. The highest BCUT2D eigenvalue weighted by molar-refractivity contribution is 6.00. The van der Waals surface area contributed by atoms with E-state index in [1.54, 1.807) is 25.8 Å². The van der Waals surface area contributed by atoms with E-state index in [2.05, 4.69) is 10.4 Å². The van der Waals surface area contributed by atoms with Gasteiger partial charge in [0.15, 0.2) is 0 Å². The highest BCUT2D eigenvalue weighted by Crippen LogP contribution is 2.15. The van der Waals surface area contributed by atoms with Gasteiger partial charge in [-0.05, 0) is 26.7 Å². The zero-order valence-corrected chi connectivity index (χ0v) is 12.1. The van der Waals surface area contributed by atoms with Crippen LogP contribution in [0.1, 0.15) is 35.9 Å². The van der Waals surface area contributed by atoms with Gasteiger partial charge in [0.2, 0.25) is 5.91 Å². The van der Waals surface area contributed by atoms with Crippen LogP contribution in [0.4, 0.5) is 5.69 Å². The summed E-state index contributed by atoms with van der Waals surface area (Å²) in [7, 11) is 1.66. The van der Waals surface area contributed by atoms with Crippen LogP contribution in [-0.2, 0) is 11.8 Å². The average molecular weight is 279 g/mol. The first-order valence-electron chi connectivity index (χ1n) is 6.80. The van der Waals surface area contributed by atoms with Gasteiger partial charge in [0.25, 0.3) is 5.91 Å². The highest BCUT2D eigenvalue weighted by Gasteiger charge is 2.26. The molecule has 0 bridgehead atoms. The van der Waals surface area contributed by atoms with Crippen molar-refractivity contribution in [2.24, 2.45) is 7.05 Å². The number of hydrogen-bond acceptors (Lipinski definition) is 4. The maximum atomic E-state index is 12.2. The number of nitrogen functional groups attached to an aromatic ring is 1. The van der Waals surface area contributed by atoms with E-state index in [9.17, 15) is 9.59 Å². The third kappa shape index (κ3) is 2.61. The predicted octanol–water partition coefficient (Wildman–Crippen LogP) is 0.0514. The molecule has 1 aliphatic heterocycles. The van der Waals surface area contributed by atoms with Crippen LogP contribution in [0.25, 0.3) is 0 Å². The molecule has 2 rings (SSSR count). The Morgan fingerprint density at radius 2 is 1.95 bits per heavy atom. The third-order valence-electron chi connectivity index (χ3n) is 3.62. The van der Waals surface area contributed by atoms with Gasteiger partial charge >= 0.3 is 0 Å². The van der Waals surface area contributed by atoms with Crippen molar-refractivity contribution in [3.8, 4) is 0 Å². The molecule has 1 saturated heterocycles. The third-order valence-corrected chi connectivity index (χ3v) is 3.62. The largest absolute Gasteiger partial charge is 0.395 e. The standard InChI is InChI=1S/C13H21N5O2/c1-8-10(14)11(17(3)16-8)12(19)15-9(2)13(20)18-6-4-5-7-18/h9H,4-7,14H2,1-3H3,(H,15,19). The molecule has 0 spiro atoms. The van der Waals surface area contributed by atoms with E-state index < -0.39 is 6.04 Å². The van der Waals surface area contributed by atoms with Gasteiger partial charge in [-0.2, -0.15) is 5.10 Å². The van der Waals surface area contributed by atoms with Gasteiger partial charge in [-0.3, -0.25) is 14.3 Å². The Morgan fingerprint density at radius 3 is 2.45 bits per heavy atom. The van der Waals surface area contributed by atoms with Crippen molar-refractivity contribution < 1.29 is 9.59 Å². The number of likely N-dealkylation sites (tertiary alicyclic amines) is 1. The van der Waals surface area contributed by atoms with E-state index >= 15 is 0 Å². The number of hydrogen-bond donors (Lipinski definition) is 2. The molecule has 1 aromatic rings. The lowest BCUT2D eigenvalue weighted by molar-refractivity contribution is -0.131. The molecular weight excluding hydrogens is 258 g/mol. The monoisotopic (exact) mass is 279 g/mol.